The van der Waals surface area contributed by atoms with Gasteiger partial charge in [0.25, 0.3) is 0 Å². The third-order valence-electron chi connectivity index (χ3n) is 0.733. The van der Waals surface area contributed by atoms with Gasteiger partial charge in [-0.1, -0.05) is 18.2 Å². The number of benzene rings is 1. The van der Waals surface area contributed by atoms with Crippen molar-refractivity contribution in [3.63, 3.8) is 0 Å². The van der Waals surface area contributed by atoms with Crippen LogP contribution in [0.25, 0.3) is 0 Å². The second-order valence-corrected chi connectivity index (χ2v) is 2.54. The lowest BCUT2D eigenvalue weighted by Gasteiger charge is -1.80. The lowest BCUT2D eigenvalue weighted by Crippen LogP contribution is -1.61. The minimum absolute atomic E-state index is 0. The van der Waals surface area contributed by atoms with Crippen molar-refractivity contribution in [2.45, 2.75) is 0 Å². The van der Waals surface area contributed by atoms with Crippen molar-refractivity contribution in [2.24, 2.45) is 0 Å². The molecule has 1 aromatic carbocycles. The van der Waals surface area contributed by atoms with E-state index < -0.39 is 0 Å². The standard InChI is InChI=1S/C6H5I.H2/c7-6-4-2-1-3-5-6;/h1-5H;1H/i;1+1. The predicted octanol–water partition coefficient (Wildman–Crippen LogP) is 2.54. The number of hydrogen-bond acceptors (Lipinski definition) is 0. The molecule has 1 aromatic rings. The molecule has 1 heteroatoms. The first-order valence-electron chi connectivity index (χ1n) is 2.10. The van der Waals surface area contributed by atoms with Crippen LogP contribution in [0.2, 0.25) is 0 Å². The Morgan fingerprint density at radius 2 is 1.71 bits per heavy atom. The first-order chi connectivity index (χ1) is 3.39. The third-order valence-corrected chi connectivity index (χ3v) is 1.45. The Morgan fingerprint density at radius 1 is 1.14 bits per heavy atom. The molecule has 0 amide bonds. The highest BCUT2D eigenvalue weighted by Gasteiger charge is 1.74. The Hall–Kier alpha value is -0.0500. The van der Waals surface area contributed by atoms with Gasteiger partial charge in [0.2, 0.25) is 0 Å². The van der Waals surface area contributed by atoms with Gasteiger partial charge in [-0.05, 0) is 34.7 Å². The fourth-order valence-corrected chi connectivity index (χ4v) is 0.830. The van der Waals surface area contributed by atoms with Gasteiger partial charge in [-0.25, -0.2) is 0 Å². The first-order valence-corrected chi connectivity index (χ1v) is 3.18. The molecule has 38 valence electrons. The summed E-state index contributed by atoms with van der Waals surface area (Å²) in [6.45, 7) is 0. The van der Waals surface area contributed by atoms with E-state index in [4.69, 9.17) is 0 Å². The van der Waals surface area contributed by atoms with Crippen molar-refractivity contribution < 1.29 is 1.43 Å². The molecule has 1 rings (SSSR count). The van der Waals surface area contributed by atoms with E-state index in [0.29, 0.717) is 0 Å². The van der Waals surface area contributed by atoms with Crippen molar-refractivity contribution in [2.75, 3.05) is 0 Å². The van der Waals surface area contributed by atoms with E-state index in [1.54, 1.807) is 0 Å². The minimum atomic E-state index is 0. The number of rotatable bonds is 0. The topological polar surface area (TPSA) is 0 Å². The van der Waals surface area contributed by atoms with Crippen LogP contribution in [0.3, 0.4) is 0 Å². The zero-order chi connectivity index (χ0) is 5.11. The molecule has 0 aliphatic heterocycles. The summed E-state index contributed by atoms with van der Waals surface area (Å²) in [4.78, 5) is 0. The molecule has 0 spiro atoms. The van der Waals surface area contributed by atoms with Crippen LogP contribution in [0.15, 0.2) is 30.3 Å². The van der Waals surface area contributed by atoms with Crippen LogP contribution < -0.4 is 0 Å². The van der Waals surface area contributed by atoms with E-state index in [1.165, 1.54) is 3.57 Å². The molecule has 0 fully saturated rings. The molecule has 0 aliphatic rings. The maximum atomic E-state index is 2.28. The molecular weight excluding hydrogens is 199 g/mol. The minimum Gasteiger partial charge on any atom is -0.0622 e. The molecule has 0 N–H and O–H groups in total. The fourth-order valence-electron chi connectivity index (χ4n) is 0.415. The molecule has 0 aliphatic carbocycles. The van der Waals surface area contributed by atoms with Gasteiger partial charge in [0.1, 0.15) is 0 Å². The molecule has 0 nitrogen and oxygen atoms in total. The van der Waals surface area contributed by atoms with E-state index in [2.05, 4.69) is 34.7 Å². The highest BCUT2D eigenvalue weighted by atomic mass is 127. The zero-order valence-corrected chi connectivity index (χ0v) is 5.92. The highest BCUT2D eigenvalue weighted by Crippen LogP contribution is 1.99. The van der Waals surface area contributed by atoms with Crippen molar-refractivity contribution in [1.29, 1.82) is 0 Å². The second-order valence-electron chi connectivity index (χ2n) is 1.30. The lowest BCUT2D eigenvalue weighted by molar-refractivity contribution is 1.65. The SMILES string of the molecule is Ic1ccccc1.[2HH]. The summed E-state index contributed by atoms with van der Waals surface area (Å²) >= 11 is 2.28. The van der Waals surface area contributed by atoms with Crippen LogP contribution in [0, 0.1) is 3.57 Å². The van der Waals surface area contributed by atoms with Crippen molar-refractivity contribution >= 4 is 22.6 Å². The largest absolute Gasteiger partial charge is 0.0622 e. The van der Waals surface area contributed by atoms with Crippen molar-refractivity contribution in [3.8, 4) is 0 Å². The van der Waals surface area contributed by atoms with E-state index in [0.717, 1.165) is 0 Å². The Balaban J connectivity index is 0.000000490. The van der Waals surface area contributed by atoms with Gasteiger partial charge in [-0.2, -0.15) is 0 Å². The molecule has 0 saturated heterocycles. The molecule has 0 aromatic heterocycles. The maximum Gasteiger partial charge on any atom is 0.0130 e. The molecule has 0 heterocycles. The summed E-state index contributed by atoms with van der Waals surface area (Å²) in [5, 5.41) is 0. The number of hydrogen-bond donors (Lipinski definition) is 0. The zero-order valence-electron chi connectivity index (χ0n) is 3.76. The molecule has 0 bridgehead atoms. The van der Waals surface area contributed by atoms with Gasteiger partial charge in [-0.15, -0.1) is 0 Å². The van der Waals surface area contributed by atoms with Crippen LogP contribution in [0.1, 0.15) is 1.43 Å². The van der Waals surface area contributed by atoms with E-state index in [1.807, 2.05) is 18.2 Å². The monoisotopic (exact) mass is 207 g/mol. The Bertz CT molecular complexity index is 138. The average Bonchev–Trinajstić information content (AvgIpc) is 1.69. The summed E-state index contributed by atoms with van der Waals surface area (Å²) in [7, 11) is 0. The Labute approximate surface area is 58.2 Å². The van der Waals surface area contributed by atoms with Crippen molar-refractivity contribution in [1.82, 2.24) is 0 Å². The fraction of sp³-hybridized carbons (Fsp3) is 0. The van der Waals surface area contributed by atoms with Crippen LogP contribution in [0.4, 0.5) is 0 Å². The highest BCUT2D eigenvalue weighted by molar-refractivity contribution is 14.1. The predicted molar refractivity (Wildman–Crippen MR) is 41.3 cm³/mol. The Morgan fingerprint density at radius 3 is 2.00 bits per heavy atom. The Kier molecular flexibility index (Phi) is 1.68. The molecule has 0 saturated carbocycles. The van der Waals surface area contributed by atoms with E-state index in [-0.39, 0.29) is 1.43 Å². The molecule has 7 heavy (non-hydrogen) atoms. The average molecular weight is 207 g/mol. The van der Waals surface area contributed by atoms with Crippen molar-refractivity contribution in [3.05, 3.63) is 33.9 Å². The van der Waals surface area contributed by atoms with Crippen LogP contribution in [-0.2, 0) is 0 Å². The second kappa shape index (κ2) is 2.31. The molecule has 0 radical (unpaired) electrons. The van der Waals surface area contributed by atoms with Gasteiger partial charge >= 0.3 is 0 Å². The van der Waals surface area contributed by atoms with Gasteiger partial charge in [0.05, 0.1) is 0 Å². The quantitative estimate of drug-likeness (QED) is 0.573. The molecule has 0 unspecified atom stereocenters. The number of halogens is 1. The molecular formula is C6H7I. The van der Waals surface area contributed by atoms with Crippen LogP contribution in [-0.4, -0.2) is 0 Å². The summed E-state index contributed by atoms with van der Waals surface area (Å²) in [6.07, 6.45) is 0. The summed E-state index contributed by atoms with van der Waals surface area (Å²) < 4.78 is 1.29. The molecule has 0 atom stereocenters. The normalized spacial score (nSPS) is 8.71. The van der Waals surface area contributed by atoms with Crippen LogP contribution >= 0.6 is 22.6 Å². The summed E-state index contributed by atoms with van der Waals surface area (Å²) in [5.74, 6) is 0. The maximum absolute atomic E-state index is 2.28. The third kappa shape index (κ3) is 1.47. The summed E-state index contributed by atoms with van der Waals surface area (Å²) in [5.41, 5.74) is 0. The first kappa shape index (κ1) is 5.09. The van der Waals surface area contributed by atoms with E-state index >= 15 is 0 Å². The summed E-state index contributed by atoms with van der Waals surface area (Å²) in [6, 6.07) is 10.2. The van der Waals surface area contributed by atoms with Gasteiger partial charge in [0.15, 0.2) is 0 Å². The van der Waals surface area contributed by atoms with Gasteiger partial charge in [-0.3, -0.25) is 0 Å². The lowest BCUT2D eigenvalue weighted by atomic mass is 10.4. The van der Waals surface area contributed by atoms with Gasteiger partial charge in [0, 0.05) is 5.00 Å². The van der Waals surface area contributed by atoms with Gasteiger partial charge < -0.3 is 0 Å². The smallest absolute Gasteiger partial charge is 0.0130 e. The van der Waals surface area contributed by atoms with E-state index in [9.17, 15) is 0 Å². The van der Waals surface area contributed by atoms with Crippen LogP contribution in [0.5, 0.6) is 0 Å².